The molecule has 0 N–H and O–H groups in total. The van der Waals surface area contributed by atoms with Crippen molar-refractivity contribution in [2.75, 3.05) is 6.61 Å². The Bertz CT molecular complexity index is 802. The number of alkyl halides is 1. The van der Waals surface area contributed by atoms with Gasteiger partial charge in [0, 0.05) is 18.0 Å². The fourth-order valence-electron chi connectivity index (χ4n) is 5.34. The Morgan fingerprint density at radius 3 is 2.17 bits per heavy atom. The van der Waals surface area contributed by atoms with E-state index in [-0.39, 0.29) is 6.61 Å². The third kappa shape index (κ3) is 11.4. The number of aromatic nitrogens is 2. The SMILES string of the molecule is CCCCCCC(F)COc1ccc(-c2ncc(CCCCCCCCCC3CCCC3)cn2)cc1. The number of halogens is 1. The van der Waals surface area contributed by atoms with E-state index >= 15 is 0 Å². The van der Waals surface area contributed by atoms with E-state index < -0.39 is 6.17 Å². The summed E-state index contributed by atoms with van der Waals surface area (Å²) in [5, 5.41) is 0. The number of rotatable bonds is 19. The quantitative estimate of drug-likeness (QED) is 0.182. The zero-order chi connectivity index (χ0) is 25.3. The lowest BCUT2D eigenvalue weighted by atomic mass is 9.99. The Hall–Kier alpha value is -1.97. The molecular weight excluding hydrogens is 447 g/mol. The van der Waals surface area contributed by atoms with Crippen molar-refractivity contribution >= 4 is 0 Å². The first-order valence-corrected chi connectivity index (χ1v) is 14.9. The molecular formula is C32H49FN2O. The molecule has 0 bridgehead atoms. The largest absolute Gasteiger partial charge is 0.491 e. The molecule has 1 atom stereocenters. The van der Waals surface area contributed by atoms with Crippen molar-refractivity contribution in [2.45, 2.75) is 129 Å². The van der Waals surface area contributed by atoms with Crippen LogP contribution in [0.3, 0.4) is 0 Å². The Morgan fingerprint density at radius 1 is 0.833 bits per heavy atom. The van der Waals surface area contributed by atoms with E-state index in [1.807, 2.05) is 36.7 Å². The van der Waals surface area contributed by atoms with E-state index in [4.69, 9.17) is 4.74 Å². The predicted octanol–water partition coefficient (Wildman–Crippen LogP) is 9.68. The molecule has 1 unspecified atom stereocenters. The van der Waals surface area contributed by atoms with Gasteiger partial charge in [0.2, 0.25) is 0 Å². The van der Waals surface area contributed by atoms with Crippen LogP contribution >= 0.6 is 0 Å². The Labute approximate surface area is 219 Å². The highest BCUT2D eigenvalue weighted by molar-refractivity contribution is 5.55. The maximum Gasteiger partial charge on any atom is 0.159 e. The summed E-state index contributed by atoms with van der Waals surface area (Å²) in [6, 6.07) is 7.66. The van der Waals surface area contributed by atoms with Crippen molar-refractivity contribution < 1.29 is 9.13 Å². The summed E-state index contributed by atoms with van der Waals surface area (Å²) in [6.45, 7) is 2.29. The molecule has 1 saturated carbocycles. The molecule has 1 aliphatic rings. The highest BCUT2D eigenvalue weighted by atomic mass is 19.1. The molecule has 0 spiro atoms. The van der Waals surface area contributed by atoms with E-state index in [1.54, 1.807) is 0 Å². The van der Waals surface area contributed by atoms with Crippen molar-refractivity contribution in [1.29, 1.82) is 0 Å². The maximum absolute atomic E-state index is 14.0. The van der Waals surface area contributed by atoms with Gasteiger partial charge in [-0.3, -0.25) is 0 Å². The molecule has 1 fully saturated rings. The second-order valence-electron chi connectivity index (χ2n) is 10.9. The van der Waals surface area contributed by atoms with Gasteiger partial charge in [-0.2, -0.15) is 0 Å². The summed E-state index contributed by atoms with van der Waals surface area (Å²) in [5.74, 6) is 2.47. The molecule has 1 heterocycles. The number of benzene rings is 1. The highest BCUT2D eigenvalue weighted by Crippen LogP contribution is 2.29. The molecule has 1 aromatic heterocycles. The van der Waals surface area contributed by atoms with Gasteiger partial charge in [-0.25, -0.2) is 14.4 Å². The van der Waals surface area contributed by atoms with Crippen LogP contribution in [-0.2, 0) is 6.42 Å². The number of aryl methyl sites for hydroxylation is 1. The summed E-state index contributed by atoms with van der Waals surface area (Å²) >= 11 is 0. The molecule has 1 aromatic carbocycles. The number of nitrogens with zero attached hydrogens (tertiary/aromatic N) is 2. The molecule has 3 nitrogen and oxygen atoms in total. The molecule has 4 heteroatoms. The van der Waals surface area contributed by atoms with Crippen LogP contribution in [0, 0.1) is 5.92 Å². The van der Waals surface area contributed by atoms with Gasteiger partial charge in [0.05, 0.1) is 0 Å². The van der Waals surface area contributed by atoms with Gasteiger partial charge in [0.1, 0.15) is 18.5 Å². The van der Waals surface area contributed by atoms with E-state index in [0.717, 1.165) is 36.6 Å². The number of unbranched alkanes of at least 4 members (excludes halogenated alkanes) is 9. The molecule has 0 aliphatic heterocycles. The lowest BCUT2D eigenvalue weighted by molar-refractivity contribution is 0.184. The number of hydrogen-bond donors (Lipinski definition) is 0. The van der Waals surface area contributed by atoms with Crippen molar-refractivity contribution in [3.8, 4) is 17.1 Å². The Morgan fingerprint density at radius 2 is 1.47 bits per heavy atom. The summed E-state index contributed by atoms with van der Waals surface area (Å²) < 4.78 is 19.6. The van der Waals surface area contributed by atoms with Crippen molar-refractivity contribution in [2.24, 2.45) is 5.92 Å². The second-order valence-corrected chi connectivity index (χ2v) is 10.9. The minimum Gasteiger partial charge on any atom is -0.491 e. The van der Waals surface area contributed by atoms with E-state index in [2.05, 4.69) is 16.9 Å². The van der Waals surface area contributed by atoms with Crippen LogP contribution < -0.4 is 4.74 Å². The average Bonchev–Trinajstić information content (AvgIpc) is 3.43. The van der Waals surface area contributed by atoms with Gasteiger partial charge in [-0.05, 0) is 55.0 Å². The zero-order valence-electron chi connectivity index (χ0n) is 22.7. The maximum atomic E-state index is 14.0. The van der Waals surface area contributed by atoms with Crippen LogP contribution in [-0.4, -0.2) is 22.7 Å². The Balaban J connectivity index is 1.25. The van der Waals surface area contributed by atoms with Crippen LogP contribution in [0.1, 0.15) is 122 Å². The third-order valence-electron chi connectivity index (χ3n) is 7.67. The summed E-state index contributed by atoms with van der Waals surface area (Å²) in [4.78, 5) is 9.14. The average molecular weight is 497 g/mol. The minimum atomic E-state index is -0.899. The molecule has 36 heavy (non-hydrogen) atoms. The topological polar surface area (TPSA) is 35.0 Å². The Kier molecular flexibility index (Phi) is 13.9. The predicted molar refractivity (Wildman–Crippen MR) is 149 cm³/mol. The standard InChI is InChI=1S/C32H49FN2O/c1-2-3-4-12-19-30(33)26-36-31-22-20-29(21-23-31)32-34-24-28(25-35-32)18-11-9-7-5-6-8-10-15-27-16-13-14-17-27/h20-25,27,30H,2-19,26H2,1H3. The van der Waals surface area contributed by atoms with Crippen molar-refractivity contribution in [3.05, 3.63) is 42.2 Å². The van der Waals surface area contributed by atoms with Crippen LogP contribution in [0.4, 0.5) is 4.39 Å². The first kappa shape index (κ1) is 28.6. The molecule has 2 aromatic rings. The molecule has 1 aliphatic carbocycles. The van der Waals surface area contributed by atoms with Gasteiger partial charge < -0.3 is 4.74 Å². The van der Waals surface area contributed by atoms with E-state index in [9.17, 15) is 4.39 Å². The van der Waals surface area contributed by atoms with Crippen LogP contribution in [0.25, 0.3) is 11.4 Å². The summed E-state index contributed by atoms with van der Waals surface area (Å²) in [5.41, 5.74) is 2.17. The normalized spacial score (nSPS) is 14.8. The van der Waals surface area contributed by atoms with Gasteiger partial charge in [-0.1, -0.05) is 103 Å². The van der Waals surface area contributed by atoms with Crippen LogP contribution in [0.15, 0.2) is 36.7 Å². The lowest BCUT2D eigenvalue weighted by Gasteiger charge is -2.11. The van der Waals surface area contributed by atoms with Crippen molar-refractivity contribution in [1.82, 2.24) is 9.97 Å². The third-order valence-corrected chi connectivity index (χ3v) is 7.67. The second kappa shape index (κ2) is 17.5. The summed E-state index contributed by atoms with van der Waals surface area (Å²) in [7, 11) is 0. The number of ether oxygens (including phenoxy) is 1. The molecule has 0 amide bonds. The molecule has 0 saturated heterocycles. The monoisotopic (exact) mass is 496 g/mol. The van der Waals surface area contributed by atoms with E-state index in [1.165, 1.54) is 95.5 Å². The van der Waals surface area contributed by atoms with Gasteiger partial charge in [0.25, 0.3) is 0 Å². The number of hydrogen-bond acceptors (Lipinski definition) is 3. The minimum absolute atomic E-state index is 0.122. The van der Waals surface area contributed by atoms with E-state index in [0.29, 0.717) is 12.2 Å². The van der Waals surface area contributed by atoms with Crippen LogP contribution in [0.5, 0.6) is 5.75 Å². The fourth-order valence-corrected chi connectivity index (χ4v) is 5.34. The highest BCUT2D eigenvalue weighted by Gasteiger charge is 2.13. The molecule has 200 valence electrons. The first-order valence-electron chi connectivity index (χ1n) is 14.9. The first-order chi connectivity index (χ1) is 17.7. The summed E-state index contributed by atoms with van der Waals surface area (Å²) in [6.07, 6.45) is 26.0. The van der Waals surface area contributed by atoms with Gasteiger partial charge in [0.15, 0.2) is 5.82 Å². The smallest absolute Gasteiger partial charge is 0.159 e. The van der Waals surface area contributed by atoms with Crippen molar-refractivity contribution in [3.63, 3.8) is 0 Å². The van der Waals surface area contributed by atoms with Gasteiger partial charge >= 0.3 is 0 Å². The fraction of sp³-hybridized carbons (Fsp3) is 0.688. The molecule has 0 radical (unpaired) electrons. The lowest BCUT2D eigenvalue weighted by Crippen LogP contribution is -2.12. The zero-order valence-corrected chi connectivity index (χ0v) is 22.7. The van der Waals surface area contributed by atoms with Crippen LogP contribution in [0.2, 0.25) is 0 Å². The van der Waals surface area contributed by atoms with Gasteiger partial charge in [-0.15, -0.1) is 0 Å². The molecule has 3 rings (SSSR count).